The fourth-order valence-electron chi connectivity index (χ4n) is 1.26. The van der Waals surface area contributed by atoms with Crippen LogP contribution in [-0.4, -0.2) is 33.3 Å². The number of nitrogens with zero attached hydrogens (tertiary/aromatic N) is 1. The molecule has 0 aliphatic rings. The van der Waals surface area contributed by atoms with Gasteiger partial charge in [0.1, 0.15) is 5.75 Å². The van der Waals surface area contributed by atoms with Crippen LogP contribution in [0.1, 0.15) is 6.42 Å². The van der Waals surface area contributed by atoms with Crippen molar-refractivity contribution < 1.29 is 9.47 Å². The van der Waals surface area contributed by atoms with Crippen molar-refractivity contribution in [3.05, 3.63) is 24.3 Å². The molecule has 102 valence electrons. The van der Waals surface area contributed by atoms with Crippen molar-refractivity contribution in [2.75, 3.05) is 32.7 Å². The zero-order chi connectivity index (χ0) is 12.5. The van der Waals surface area contributed by atoms with E-state index < -0.39 is 0 Å². The maximum atomic E-state index is 5.58. The van der Waals surface area contributed by atoms with Gasteiger partial charge in [-0.05, 0) is 12.1 Å². The van der Waals surface area contributed by atoms with Crippen molar-refractivity contribution in [2.45, 2.75) is 6.42 Å². The predicted octanol–water partition coefficient (Wildman–Crippen LogP) is 2.08. The summed E-state index contributed by atoms with van der Waals surface area (Å²) in [5.41, 5.74) is 6.43. The molecule has 0 atom stereocenters. The van der Waals surface area contributed by atoms with Gasteiger partial charge in [-0.3, -0.25) is 4.99 Å². The Labute approximate surface area is 125 Å². The number of aliphatic imine (C=N–C) groups is 1. The minimum Gasteiger partial charge on any atom is -0.493 e. The lowest BCUT2D eigenvalue weighted by molar-refractivity contribution is 0.172. The third-order valence-corrected chi connectivity index (χ3v) is 2.11. The molecule has 0 fully saturated rings. The van der Waals surface area contributed by atoms with Crippen LogP contribution in [0.5, 0.6) is 5.75 Å². The molecule has 0 unspecified atom stereocenters. The summed E-state index contributed by atoms with van der Waals surface area (Å²) >= 11 is 0. The van der Waals surface area contributed by atoms with Gasteiger partial charge in [0.15, 0.2) is 5.96 Å². The third kappa shape index (κ3) is 6.65. The van der Waals surface area contributed by atoms with Gasteiger partial charge >= 0.3 is 0 Å². The largest absolute Gasteiger partial charge is 0.493 e. The number of rotatable bonds is 6. The average molecular weight is 365 g/mol. The van der Waals surface area contributed by atoms with E-state index in [1.165, 1.54) is 0 Å². The molecule has 0 spiro atoms. The van der Waals surface area contributed by atoms with Crippen LogP contribution in [0, 0.1) is 0 Å². The zero-order valence-electron chi connectivity index (χ0n) is 10.7. The standard InChI is InChI=1S/C12H19N3O2.HI/c1-14-12(13)15-10-5-3-6-11(9-10)17-8-4-7-16-2;/h3,5-6,9H,4,7-8H2,1-2H3,(H3,13,14,15);1H. The summed E-state index contributed by atoms with van der Waals surface area (Å²) < 4.78 is 10.5. The average Bonchev–Trinajstić information content (AvgIpc) is 2.35. The highest BCUT2D eigenvalue weighted by Gasteiger charge is 1.98. The molecule has 18 heavy (non-hydrogen) atoms. The van der Waals surface area contributed by atoms with E-state index in [2.05, 4.69) is 10.3 Å². The van der Waals surface area contributed by atoms with Gasteiger partial charge < -0.3 is 20.5 Å². The molecule has 1 aromatic rings. The first-order chi connectivity index (χ1) is 8.26. The molecule has 1 aromatic carbocycles. The molecule has 0 aliphatic carbocycles. The number of hydrogen-bond acceptors (Lipinski definition) is 3. The minimum atomic E-state index is 0. The highest BCUT2D eigenvalue weighted by atomic mass is 127. The quantitative estimate of drug-likeness (QED) is 0.351. The number of nitrogens with two attached hydrogens (primary N) is 1. The lowest BCUT2D eigenvalue weighted by atomic mass is 10.3. The molecule has 3 N–H and O–H groups in total. The molecule has 5 nitrogen and oxygen atoms in total. The number of anilines is 1. The van der Waals surface area contributed by atoms with E-state index in [9.17, 15) is 0 Å². The molecule has 6 heteroatoms. The van der Waals surface area contributed by atoms with Crippen LogP contribution in [0.15, 0.2) is 29.3 Å². The number of benzene rings is 1. The Bertz CT molecular complexity index is 372. The molecule has 0 bridgehead atoms. The maximum Gasteiger partial charge on any atom is 0.192 e. The normalized spacial score (nSPS) is 10.7. The Kier molecular flexibility index (Phi) is 9.39. The molecule has 0 aliphatic heterocycles. The summed E-state index contributed by atoms with van der Waals surface area (Å²) in [6, 6.07) is 7.58. The van der Waals surface area contributed by atoms with Gasteiger partial charge in [-0.25, -0.2) is 0 Å². The van der Waals surface area contributed by atoms with Gasteiger partial charge in [-0.1, -0.05) is 6.07 Å². The number of halogens is 1. The Morgan fingerprint density at radius 1 is 1.39 bits per heavy atom. The van der Waals surface area contributed by atoms with Gasteiger partial charge in [0.2, 0.25) is 0 Å². The van der Waals surface area contributed by atoms with Crippen molar-refractivity contribution >= 4 is 35.6 Å². The van der Waals surface area contributed by atoms with Crippen molar-refractivity contribution in [1.82, 2.24) is 0 Å². The van der Waals surface area contributed by atoms with Crippen LogP contribution in [0.2, 0.25) is 0 Å². The van der Waals surface area contributed by atoms with E-state index in [0.717, 1.165) is 17.9 Å². The molecule has 0 radical (unpaired) electrons. The summed E-state index contributed by atoms with van der Waals surface area (Å²) in [5, 5.41) is 2.96. The second kappa shape index (κ2) is 9.95. The first-order valence-corrected chi connectivity index (χ1v) is 5.47. The monoisotopic (exact) mass is 365 g/mol. The summed E-state index contributed by atoms with van der Waals surface area (Å²) in [6.45, 7) is 1.34. The van der Waals surface area contributed by atoms with Gasteiger partial charge in [-0.2, -0.15) is 0 Å². The van der Waals surface area contributed by atoms with Crippen molar-refractivity contribution in [2.24, 2.45) is 10.7 Å². The topological polar surface area (TPSA) is 68.9 Å². The fourth-order valence-corrected chi connectivity index (χ4v) is 1.26. The first-order valence-electron chi connectivity index (χ1n) is 5.47. The number of methoxy groups -OCH3 is 1. The highest BCUT2D eigenvalue weighted by molar-refractivity contribution is 14.0. The summed E-state index contributed by atoms with van der Waals surface area (Å²) in [6.07, 6.45) is 0.868. The third-order valence-electron chi connectivity index (χ3n) is 2.11. The second-order valence-corrected chi connectivity index (χ2v) is 3.46. The molecule has 0 heterocycles. The molecular weight excluding hydrogens is 345 g/mol. The van der Waals surface area contributed by atoms with Gasteiger partial charge in [0, 0.05) is 38.9 Å². The van der Waals surface area contributed by atoms with Gasteiger partial charge in [-0.15, -0.1) is 24.0 Å². The summed E-state index contributed by atoms with van der Waals surface area (Å²) in [7, 11) is 3.31. The van der Waals surface area contributed by atoms with Crippen LogP contribution in [0.3, 0.4) is 0 Å². The van der Waals surface area contributed by atoms with E-state index in [4.69, 9.17) is 15.2 Å². The Hall–Kier alpha value is -1.02. The molecule has 0 saturated carbocycles. The number of nitrogens with one attached hydrogen (secondary N) is 1. The second-order valence-electron chi connectivity index (χ2n) is 3.46. The highest BCUT2D eigenvalue weighted by Crippen LogP contribution is 2.17. The van der Waals surface area contributed by atoms with Crippen LogP contribution >= 0.6 is 24.0 Å². The van der Waals surface area contributed by atoms with Crippen LogP contribution < -0.4 is 15.8 Å². The van der Waals surface area contributed by atoms with Crippen LogP contribution in [0.25, 0.3) is 0 Å². The van der Waals surface area contributed by atoms with Crippen LogP contribution in [0.4, 0.5) is 5.69 Å². The molecular formula is C12H20IN3O2. The zero-order valence-corrected chi connectivity index (χ0v) is 13.0. The van der Waals surface area contributed by atoms with Crippen molar-refractivity contribution in [1.29, 1.82) is 0 Å². The lowest BCUT2D eigenvalue weighted by Crippen LogP contribution is -2.21. The SMILES string of the molecule is CN=C(N)Nc1cccc(OCCCOC)c1.I. The van der Waals surface area contributed by atoms with Crippen molar-refractivity contribution in [3.8, 4) is 5.75 Å². The van der Waals surface area contributed by atoms with Crippen LogP contribution in [-0.2, 0) is 4.74 Å². The van der Waals surface area contributed by atoms with E-state index in [0.29, 0.717) is 19.2 Å². The van der Waals surface area contributed by atoms with Gasteiger partial charge in [0.05, 0.1) is 6.61 Å². The number of ether oxygens (including phenoxy) is 2. The Balaban J connectivity index is 0.00000289. The molecule has 0 amide bonds. The lowest BCUT2D eigenvalue weighted by Gasteiger charge is -2.09. The Morgan fingerprint density at radius 2 is 2.17 bits per heavy atom. The molecule has 0 aromatic heterocycles. The smallest absolute Gasteiger partial charge is 0.192 e. The van der Waals surface area contributed by atoms with E-state index in [-0.39, 0.29) is 24.0 Å². The van der Waals surface area contributed by atoms with E-state index in [1.807, 2.05) is 24.3 Å². The fraction of sp³-hybridized carbons (Fsp3) is 0.417. The minimum absolute atomic E-state index is 0. The van der Waals surface area contributed by atoms with Crippen molar-refractivity contribution in [3.63, 3.8) is 0 Å². The van der Waals surface area contributed by atoms with E-state index >= 15 is 0 Å². The molecule has 0 saturated heterocycles. The predicted molar refractivity (Wildman–Crippen MR) is 85.0 cm³/mol. The maximum absolute atomic E-state index is 5.58. The van der Waals surface area contributed by atoms with E-state index in [1.54, 1.807) is 14.2 Å². The Morgan fingerprint density at radius 3 is 2.83 bits per heavy atom. The molecule has 1 rings (SSSR count). The first kappa shape index (κ1) is 17.0. The summed E-state index contributed by atoms with van der Waals surface area (Å²) in [4.78, 5) is 3.83. The van der Waals surface area contributed by atoms with Gasteiger partial charge in [0.25, 0.3) is 0 Å². The summed E-state index contributed by atoms with van der Waals surface area (Å²) in [5.74, 6) is 1.18. The number of guanidine groups is 1. The number of hydrogen-bond donors (Lipinski definition) is 2.